The van der Waals surface area contributed by atoms with Gasteiger partial charge in [-0.05, 0) is 25.0 Å². The number of thiophene rings is 1. The fourth-order valence-corrected chi connectivity index (χ4v) is 4.65. The standard InChI is InChI=1S/C14H16N2O4S2/c17-12(15-5-1-2-6-15)9-7-21-8-16(9)13(18)10-3-4-11(22-10)14(19)20/h3-4,9H,1-2,5-8H2,(H,19,20). The van der Waals surface area contributed by atoms with Crippen molar-refractivity contribution in [3.05, 3.63) is 21.9 Å². The first-order valence-electron chi connectivity index (χ1n) is 7.08. The molecule has 6 nitrogen and oxygen atoms in total. The highest BCUT2D eigenvalue weighted by Gasteiger charge is 2.38. The van der Waals surface area contributed by atoms with Crippen LogP contribution in [0.5, 0.6) is 0 Å². The molecule has 2 amide bonds. The third kappa shape index (κ3) is 2.85. The number of carboxylic acid groups (broad SMARTS) is 1. The molecule has 2 aliphatic rings. The molecule has 0 aromatic carbocycles. The zero-order valence-electron chi connectivity index (χ0n) is 11.9. The average molecular weight is 340 g/mol. The van der Waals surface area contributed by atoms with E-state index in [0.717, 1.165) is 37.3 Å². The van der Waals surface area contributed by atoms with E-state index in [1.54, 1.807) is 16.7 Å². The van der Waals surface area contributed by atoms with Crippen molar-refractivity contribution < 1.29 is 19.5 Å². The molecule has 0 radical (unpaired) electrons. The number of likely N-dealkylation sites (tertiary alicyclic amines) is 1. The minimum Gasteiger partial charge on any atom is -0.477 e. The van der Waals surface area contributed by atoms with E-state index in [4.69, 9.17) is 5.11 Å². The van der Waals surface area contributed by atoms with Crippen LogP contribution in [0.2, 0.25) is 0 Å². The normalized spacial score (nSPS) is 21.4. The Labute approximate surface area is 136 Å². The van der Waals surface area contributed by atoms with Crippen molar-refractivity contribution in [2.75, 3.05) is 24.7 Å². The minimum absolute atomic E-state index is 0.0193. The topological polar surface area (TPSA) is 77.9 Å². The van der Waals surface area contributed by atoms with Crippen LogP contribution in [0.1, 0.15) is 32.2 Å². The number of carbonyl (C=O) groups excluding carboxylic acids is 2. The van der Waals surface area contributed by atoms with Crippen molar-refractivity contribution in [3.63, 3.8) is 0 Å². The van der Waals surface area contributed by atoms with E-state index in [1.807, 2.05) is 4.90 Å². The Bertz CT molecular complexity index is 610. The third-order valence-electron chi connectivity index (χ3n) is 3.87. The summed E-state index contributed by atoms with van der Waals surface area (Å²) < 4.78 is 0. The molecule has 0 aliphatic carbocycles. The molecule has 1 unspecified atom stereocenters. The maximum Gasteiger partial charge on any atom is 0.345 e. The van der Waals surface area contributed by atoms with Gasteiger partial charge in [0.05, 0.1) is 10.8 Å². The molecule has 1 N–H and O–H groups in total. The number of hydrogen-bond donors (Lipinski definition) is 1. The van der Waals surface area contributed by atoms with Gasteiger partial charge in [-0.2, -0.15) is 0 Å². The summed E-state index contributed by atoms with van der Waals surface area (Å²) in [6, 6.07) is 2.53. The molecule has 2 fully saturated rings. The lowest BCUT2D eigenvalue weighted by Crippen LogP contribution is -2.48. The summed E-state index contributed by atoms with van der Waals surface area (Å²) in [7, 11) is 0. The quantitative estimate of drug-likeness (QED) is 0.904. The van der Waals surface area contributed by atoms with Gasteiger partial charge in [-0.3, -0.25) is 9.59 Å². The number of nitrogens with zero attached hydrogens (tertiary/aromatic N) is 2. The molecule has 2 aliphatic heterocycles. The lowest BCUT2D eigenvalue weighted by molar-refractivity contribution is -0.133. The molecule has 0 spiro atoms. The molecule has 0 bridgehead atoms. The van der Waals surface area contributed by atoms with Gasteiger partial charge < -0.3 is 14.9 Å². The first-order valence-corrected chi connectivity index (χ1v) is 9.05. The highest BCUT2D eigenvalue weighted by atomic mass is 32.2. The van der Waals surface area contributed by atoms with E-state index in [9.17, 15) is 14.4 Å². The van der Waals surface area contributed by atoms with Crippen molar-refractivity contribution in [2.24, 2.45) is 0 Å². The predicted octanol–water partition coefficient (Wildman–Crippen LogP) is 1.58. The fraction of sp³-hybridized carbons (Fsp3) is 0.500. The number of hydrogen-bond acceptors (Lipinski definition) is 5. The molecule has 2 saturated heterocycles. The zero-order chi connectivity index (χ0) is 15.7. The molecule has 3 rings (SSSR count). The Morgan fingerprint density at radius 1 is 1.14 bits per heavy atom. The summed E-state index contributed by atoms with van der Waals surface area (Å²) >= 11 is 2.52. The summed E-state index contributed by atoms with van der Waals surface area (Å²) in [5.41, 5.74) is 0. The van der Waals surface area contributed by atoms with Crippen LogP contribution in [0.4, 0.5) is 0 Å². The molecular weight excluding hydrogens is 324 g/mol. The Hall–Kier alpha value is -1.54. The van der Waals surface area contributed by atoms with Gasteiger partial charge in [0, 0.05) is 18.8 Å². The van der Waals surface area contributed by atoms with Crippen LogP contribution in [0.3, 0.4) is 0 Å². The molecule has 3 heterocycles. The van der Waals surface area contributed by atoms with Crippen LogP contribution >= 0.6 is 23.1 Å². The summed E-state index contributed by atoms with van der Waals surface area (Å²) in [4.78, 5) is 39.9. The van der Waals surface area contributed by atoms with Crippen molar-refractivity contribution in [1.29, 1.82) is 0 Å². The van der Waals surface area contributed by atoms with Gasteiger partial charge in [0.15, 0.2) is 0 Å². The van der Waals surface area contributed by atoms with Gasteiger partial charge in [0.25, 0.3) is 5.91 Å². The number of rotatable bonds is 3. The van der Waals surface area contributed by atoms with Gasteiger partial charge in [0.1, 0.15) is 10.9 Å². The first kappa shape index (κ1) is 15.4. The molecule has 1 aromatic rings. The lowest BCUT2D eigenvalue weighted by atomic mass is 10.2. The zero-order valence-corrected chi connectivity index (χ0v) is 13.5. The number of carbonyl (C=O) groups is 3. The summed E-state index contributed by atoms with van der Waals surface area (Å²) in [5.74, 6) is -0.183. The smallest absolute Gasteiger partial charge is 0.345 e. The van der Waals surface area contributed by atoms with Crippen LogP contribution in [0.15, 0.2) is 12.1 Å². The van der Waals surface area contributed by atoms with E-state index in [1.165, 1.54) is 12.1 Å². The van der Waals surface area contributed by atoms with E-state index < -0.39 is 12.0 Å². The van der Waals surface area contributed by atoms with E-state index in [0.29, 0.717) is 16.5 Å². The first-order chi connectivity index (χ1) is 10.6. The Balaban J connectivity index is 1.75. The summed E-state index contributed by atoms with van der Waals surface area (Å²) in [6.07, 6.45) is 2.04. The van der Waals surface area contributed by atoms with Crippen molar-refractivity contribution in [3.8, 4) is 0 Å². The van der Waals surface area contributed by atoms with Crippen molar-refractivity contribution in [1.82, 2.24) is 9.80 Å². The maximum atomic E-state index is 12.6. The van der Waals surface area contributed by atoms with Crippen LogP contribution in [0, 0.1) is 0 Å². The highest BCUT2D eigenvalue weighted by molar-refractivity contribution is 7.99. The lowest BCUT2D eigenvalue weighted by Gasteiger charge is -2.26. The number of amides is 2. The number of aromatic carboxylic acids is 1. The highest BCUT2D eigenvalue weighted by Crippen LogP contribution is 2.28. The van der Waals surface area contributed by atoms with Crippen molar-refractivity contribution >= 4 is 40.9 Å². The van der Waals surface area contributed by atoms with Gasteiger partial charge in [-0.1, -0.05) is 0 Å². The maximum absolute atomic E-state index is 12.6. The second-order valence-corrected chi connectivity index (χ2v) is 7.38. The molecule has 1 atom stereocenters. The van der Waals surface area contributed by atoms with Crippen molar-refractivity contribution in [2.45, 2.75) is 18.9 Å². The Kier molecular flexibility index (Phi) is 4.39. The largest absolute Gasteiger partial charge is 0.477 e. The van der Waals surface area contributed by atoms with E-state index >= 15 is 0 Å². The molecule has 0 saturated carbocycles. The van der Waals surface area contributed by atoms with Gasteiger partial charge in [0.2, 0.25) is 5.91 Å². The predicted molar refractivity (Wildman–Crippen MR) is 84.4 cm³/mol. The molecule has 22 heavy (non-hydrogen) atoms. The SMILES string of the molecule is O=C(O)c1ccc(C(=O)N2CSCC2C(=O)N2CCCC2)s1. The van der Waals surface area contributed by atoms with Crippen LogP contribution in [-0.2, 0) is 4.79 Å². The summed E-state index contributed by atoms with van der Waals surface area (Å²) in [5, 5.41) is 8.95. The number of carboxylic acids is 1. The molecule has 1 aromatic heterocycles. The third-order valence-corrected chi connectivity index (χ3v) is 5.95. The Morgan fingerprint density at radius 3 is 2.45 bits per heavy atom. The number of thioether (sulfide) groups is 1. The summed E-state index contributed by atoms with van der Waals surface area (Å²) in [6.45, 7) is 1.54. The van der Waals surface area contributed by atoms with E-state index in [2.05, 4.69) is 0 Å². The molecule has 118 valence electrons. The average Bonchev–Trinajstić information content (AvgIpc) is 3.25. The van der Waals surface area contributed by atoms with Crippen LogP contribution < -0.4 is 0 Å². The van der Waals surface area contributed by atoms with Gasteiger partial charge >= 0.3 is 5.97 Å². The van der Waals surface area contributed by atoms with Crippen LogP contribution in [-0.4, -0.2) is 63.5 Å². The Morgan fingerprint density at radius 2 is 1.82 bits per heavy atom. The minimum atomic E-state index is -1.04. The van der Waals surface area contributed by atoms with Crippen LogP contribution in [0.25, 0.3) is 0 Å². The second kappa shape index (κ2) is 6.29. The molecule has 8 heteroatoms. The van der Waals surface area contributed by atoms with E-state index in [-0.39, 0.29) is 16.7 Å². The monoisotopic (exact) mass is 340 g/mol. The fourth-order valence-electron chi connectivity index (χ4n) is 2.70. The molecular formula is C14H16N2O4S2. The van der Waals surface area contributed by atoms with Gasteiger partial charge in [-0.25, -0.2) is 4.79 Å². The van der Waals surface area contributed by atoms with Gasteiger partial charge in [-0.15, -0.1) is 23.1 Å². The second-order valence-electron chi connectivity index (χ2n) is 5.29.